The minimum atomic E-state index is -3.79. The molecule has 0 atom stereocenters. The molecule has 28 heavy (non-hydrogen) atoms. The molecule has 0 amide bonds. The Morgan fingerprint density at radius 3 is 2.21 bits per heavy atom. The number of Topliss-reactive ketones (excluding diaryl/α,β-unsaturated/α-hetero) is 1. The number of hydrogen-bond donors (Lipinski definition) is 0. The molecule has 1 aliphatic rings. The van der Waals surface area contributed by atoms with E-state index < -0.39 is 10.0 Å². The first-order valence-electron chi connectivity index (χ1n) is 9.34. The van der Waals surface area contributed by atoms with Crippen LogP contribution in [0.15, 0.2) is 65.7 Å². The van der Waals surface area contributed by atoms with Crippen LogP contribution in [0.3, 0.4) is 0 Å². The van der Waals surface area contributed by atoms with Crippen molar-refractivity contribution in [2.45, 2.75) is 38.5 Å². The first-order chi connectivity index (χ1) is 13.2. The van der Waals surface area contributed by atoms with Crippen molar-refractivity contribution in [1.82, 2.24) is 3.97 Å². The monoisotopic (exact) mass is 393 g/mol. The summed E-state index contributed by atoms with van der Waals surface area (Å²) in [5.41, 5.74) is 3.38. The molecule has 144 valence electrons. The Labute approximate surface area is 165 Å². The van der Waals surface area contributed by atoms with E-state index in [1.165, 1.54) is 3.97 Å². The van der Waals surface area contributed by atoms with E-state index in [4.69, 9.17) is 0 Å². The van der Waals surface area contributed by atoms with Crippen molar-refractivity contribution in [3.8, 4) is 11.1 Å². The lowest BCUT2D eigenvalue weighted by Crippen LogP contribution is -2.29. The van der Waals surface area contributed by atoms with Crippen molar-refractivity contribution in [2.75, 3.05) is 0 Å². The van der Waals surface area contributed by atoms with Crippen molar-refractivity contribution in [3.63, 3.8) is 0 Å². The molecule has 0 aliphatic heterocycles. The molecular formula is C23H23NO3S. The van der Waals surface area contributed by atoms with Gasteiger partial charge in [0, 0.05) is 29.4 Å². The summed E-state index contributed by atoms with van der Waals surface area (Å²) in [6.45, 7) is 5.93. The molecule has 0 N–H and O–H groups in total. The molecule has 1 heterocycles. The van der Waals surface area contributed by atoms with Crippen LogP contribution in [-0.2, 0) is 16.4 Å². The number of carbonyl (C=O) groups is 1. The van der Waals surface area contributed by atoms with Gasteiger partial charge in [0.1, 0.15) is 0 Å². The van der Waals surface area contributed by atoms with Crippen LogP contribution in [0.1, 0.15) is 41.9 Å². The SMILES string of the molecule is Cc1ccc(S(=O)(=O)n2cc(-c3ccccc3)c3c2CC(C)(C)CC3=O)cc1. The molecule has 4 nitrogen and oxygen atoms in total. The molecule has 0 fully saturated rings. The minimum Gasteiger partial charge on any atom is -0.294 e. The predicted molar refractivity (Wildman–Crippen MR) is 110 cm³/mol. The number of benzene rings is 2. The maximum absolute atomic E-state index is 13.4. The smallest absolute Gasteiger partial charge is 0.267 e. The number of hydrogen-bond acceptors (Lipinski definition) is 3. The molecule has 0 spiro atoms. The fourth-order valence-corrected chi connectivity index (χ4v) is 5.31. The summed E-state index contributed by atoms with van der Waals surface area (Å²) in [5.74, 6) is 0.00274. The standard InChI is InChI=1S/C23H23NO3S/c1-16-9-11-18(12-10-16)28(26,27)24-15-19(17-7-5-4-6-8-17)22-20(24)13-23(2,3)14-21(22)25/h4-12,15H,13-14H2,1-3H3. The molecule has 0 saturated heterocycles. The molecule has 0 radical (unpaired) electrons. The van der Waals surface area contributed by atoms with Gasteiger partial charge in [0.15, 0.2) is 5.78 Å². The van der Waals surface area contributed by atoms with Crippen LogP contribution >= 0.6 is 0 Å². The van der Waals surface area contributed by atoms with Crippen molar-refractivity contribution in [1.29, 1.82) is 0 Å². The zero-order valence-corrected chi connectivity index (χ0v) is 17.1. The Balaban J connectivity index is 1.98. The van der Waals surface area contributed by atoms with Crippen molar-refractivity contribution < 1.29 is 13.2 Å². The van der Waals surface area contributed by atoms with Gasteiger partial charge in [-0.2, -0.15) is 0 Å². The molecule has 4 rings (SSSR count). The Bertz CT molecular complexity index is 1150. The lowest BCUT2D eigenvalue weighted by atomic mass is 9.75. The van der Waals surface area contributed by atoms with Crippen LogP contribution in [0.4, 0.5) is 0 Å². The van der Waals surface area contributed by atoms with Crippen molar-refractivity contribution in [3.05, 3.63) is 77.6 Å². The van der Waals surface area contributed by atoms with Gasteiger partial charge in [0.25, 0.3) is 10.0 Å². The maximum Gasteiger partial charge on any atom is 0.267 e. The average Bonchev–Trinajstić information content (AvgIpc) is 3.02. The first kappa shape index (κ1) is 18.7. The molecule has 2 aromatic carbocycles. The van der Waals surface area contributed by atoms with E-state index in [1.54, 1.807) is 30.5 Å². The first-order valence-corrected chi connectivity index (χ1v) is 10.8. The average molecular weight is 394 g/mol. The lowest BCUT2D eigenvalue weighted by molar-refractivity contribution is 0.0912. The Morgan fingerprint density at radius 1 is 0.929 bits per heavy atom. The van der Waals surface area contributed by atoms with E-state index in [1.807, 2.05) is 51.1 Å². The number of aromatic nitrogens is 1. The van der Waals surface area contributed by atoms with Gasteiger partial charge >= 0.3 is 0 Å². The number of nitrogens with zero attached hydrogens (tertiary/aromatic N) is 1. The zero-order chi connectivity index (χ0) is 20.1. The Kier molecular flexibility index (Phi) is 4.31. The van der Waals surface area contributed by atoms with Crippen LogP contribution in [0.2, 0.25) is 0 Å². The predicted octanol–water partition coefficient (Wildman–Crippen LogP) is 4.86. The summed E-state index contributed by atoms with van der Waals surface area (Å²) in [5, 5.41) is 0. The van der Waals surface area contributed by atoms with E-state index >= 15 is 0 Å². The molecule has 0 bridgehead atoms. The quantitative estimate of drug-likeness (QED) is 0.639. The highest BCUT2D eigenvalue weighted by Gasteiger charge is 2.38. The highest BCUT2D eigenvalue weighted by Crippen LogP contribution is 2.41. The summed E-state index contributed by atoms with van der Waals surface area (Å²) in [7, 11) is -3.79. The van der Waals surface area contributed by atoms with Gasteiger partial charge in [-0.25, -0.2) is 12.4 Å². The van der Waals surface area contributed by atoms with Gasteiger partial charge in [-0.1, -0.05) is 61.9 Å². The Morgan fingerprint density at radius 2 is 1.57 bits per heavy atom. The molecule has 0 saturated carbocycles. The van der Waals surface area contributed by atoms with Gasteiger partial charge < -0.3 is 0 Å². The molecule has 5 heteroatoms. The number of carbonyl (C=O) groups excluding carboxylic acids is 1. The highest BCUT2D eigenvalue weighted by molar-refractivity contribution is 7.90. The van der Waals surface area contributed by atoms with Crippen LogP contribution in [0, 0.1) is 12.3 Å². The van der Waals surface area contributed by atoms with Crippen LogP contribution < -0.4 is 0 Å². The van der Waals surface area contributed by atoms with Crippen LogP contribution in [0.25, 0.3) is 11.1 Å². The fourth-order valence-electron chi connectivity index (χ4n) is 3.92. The Hall–Kier alpha value is -2.66. The molecule has 3 aromatic rings. The third kappa shape index (κ3) is 3.10. The normalized spacial score (nSPS) is 16.0. The molecule has 1 aliphatic carbocycles. The van der Waals surface area contributed by atoms with Gasteiger partial charge in [-0.15, -0.1) is 0 Å². The van der Waals surface area contributed by atoms with E-state index in [0.29, 0.717) is 29.7 Å². The second-order valence-electron chi connectivity index (χ2n) is 8.29. The molecule has 1 aromatic heterocycles. The van der Waals surface area contributed by atoms with E-state index in [2.05, 4.69) is 0 Å². The number of rotatable bonds is 3. The van der Waals surface area contributed by atoms with Gasteiger partial charge in [-0.3, -0.25) is 4.79 Å². The lowest BCUT2D eigenvalue weighted by Gasteiger charge is -2.29. The molecule has 0 unspecified atom stereocenters. The molecular weight excluding hydrogens is 370 g/mol. The van der Waals surface area contributed by atoms with Crippen molar-refractivity contribution in [2.24, 2.45) is 5.41 Å². The van der Waals surface area contributed by atoms with E-state index in [9.17, 15) is 13.2 Å². The summed E-state index contributed by atoms with van der Waals surface area (Å²) >= 11 is 0. The van der Waals surface area contributed by atoms with Gasteiger partial charge in [-0.05, 0) is 36.5 Å². The maximum atomic E-state index is 13.4. The second kappa shape index (κ2) is 6.45. The van der Waals surface area contributed by atoms with Gasteiger partial charge in [0.05, 0.1) is 4.90 Å². The summed E-state index contributed by atoms with van der Waals surface area (Å²) in [6.07, 6.45) is 2.56. The third-order valence-corrected chi connectivity index (χ3v) is 7.01. The summed E-state index contributed by atoms with van der Waals surface area (Å²) in [4.78, 5) is 13.2. The largest absolute Gasteiger partial charge is 0.294 e. The van der Waals surface area contributed by atoms with Crippen molar-refractivity contribution >= 4 is 15.8 Å². The highest BCUT2D eigenvalue weighted by atomic mass is 32.2. The van der Waals surface area contributed by atoms with Crippen LogP contribution in [-0.4, -0.2) is 18.2 Å². The second-order valence-corrected chi connectivity index (χ2v) is 10.1. The summed E-state index contributed by atoms with van der Waals surface area (Å²) in [6, 6.07) is 16.3. The van der Waals surface area contributed by atoms with E-state index in [-0.39, 0.29) is 16.1 Å². The zero-order valence-electron chi connectivity index (χ0n) is 16.3. The summed E-state index contributed by atoms with van der Waals surface area (Å²) < 4.78 is 28.2. The minimum absolute atomic E-state index is 0.00274. The fraction of sp³-hybridized carbons (Fsp3) is 0.261. The number of aryl methyl sites for hydroxylation is 1. The van der Waals surface area contributed by atoms with E-state index in [0.717, 1.165) is 11.1 Å². The van der Waals surface area contributed by atoms with Crippen LogP contribution in [0.5, 0.6) is 0 Å². The number of ketones is 1. The van der Waals surface area contributed by atoms with Gasteiger partial charge in [0.2, 0.25) is 0 Å². The third-order valence-electron chi connectivity index (χ3n) is 5.30. The topological polar surface area (TPSA) is 56.1 Å². The number of fused-ring (bicyclic) bond motifs is 1.